The van der Waals surface area contributed by atoms with Gasteiger partial charge in [0.2, 0.25) is 11.8 Å². The van der Waals surface area contributed by atoms with Gasteiger partial charge in [-0.05, 0) is 51.5 Å². The molecule has 4 heterocycles. The first kappa shape index (κ1) is 25.8. The summed E-state index contributed by atoms with van der Waals surface area (Å²) in [5.74, 6) is 0.277. The highest BCUT2D eigenvalue weighted by Gasteiger charge is 2.26. The molecule has 0 radical (unpaired) electrons. The maximum absolute atomic E-state index is 12.9. The number of rotatable bonds is 8. The van der Waals surface area contributed by atoms with Gasteiger partial charge >= 0.3 is 0 Å². The Morgan fingerprint density at radius 1 is 0.789 bits per heavy atom. The lowest BCUT2D eigenvalue weighted by molar-refractivity contribution is -0.130. The number of amides is 2. The molecule has 3 fully saturated rings. The number of thiazole rings is 2. The fourth-order valence-corrected chi connectivity index (χ4v) is 7.99. The van der Waals surface area contributed by atoms with Gasteiger partial charge in [0.15, 0.2) is 10.3 Å². The van der Waals surface area contributed by atoms with Gasteiger partial charge in [0.25, 0.3) is 0 Å². The van der Waals surface area contributed by atoms with E-state index in [9.17, 15) is 9.59 Å². The summed E-state index contributed by atoms with van der Waals surface area (Å²) >= 11 is 3.14. The number of nitrogens with zero attached hydrogens (tertiary/aromatic N) is 4. The number of benzene rings is 1. The Labute approximate surface area is 231 Å². The molecule has 2 aromatic heterocycles. The van der Waals surface area contributed by atoms with Gasteiger partial charge in [-0.3, -0.25) is 9.59 Å². The zero-order valence-electron chi connectivity index (χ0n) is 22.1. The first-order chi connectivity index (χ1) is 18.5. The van der Waals surface area contributed by atoms with Crippen molar-refractivity contribution in [2.24, 2.45) is 0 Å². The molecule has 0 spiro atoms. The third-order valence-electron chi connectivity index (χ3n) is 8.19. The number of nitrogens with one attached hydrogen (secondary N) is 3. The molecule has 3 N–H and O–H groups in total. The van der Waals surface area contributed by atoms with Crippen LogP contribution in [0.25, 0.3) is 20.4 Å². The van der Waals surface area contributed by atoms with Crippen molar-refractivity contribution in [1.29, 1.82) is 0 Å². The van der Waals surface area contributed by atoms with Crippen molar-refractivity contribution in [1.82, 2.24) is 25.1 Å². The fraction of sp³-hybridized carbons (Fsp3) is 0.630. The average molecular weight is 556 g/mol. The molecule has 38 heavy (non-hydrogen) atoms. The molecule has 3 aliphatic rings. The summed E-state index contributed by atoms with van der Waals surface area (Å²) in [5, 5.41) is 11.8. The van der Waals surface area contributed by atoms with E-state index in [0.29, 0.717) is 12.1 Å². The van der Waals surface area contributed by atoms with E-state index in [4.69, 9.17) is 9.97 Å². The van der Waals surface area contributed by atoms with Crippen molar-refractivity contribution in [2.45, 2.75) is 70.4 Å². The molecule has 1 aromatic carbocycles. The summed E-state index contributed by atoms with van der Waals surface area (Å²) in [5.41, 5.74) is 2.86. The lowest BCUT2D eigenvalue weighted by Crippen LogP contribution is -2.48. The number of hydrogen-bond donors (Lipinski definition) is 3. The molecule has 204 valence electrons. The van der Waals surface area contributed by atoms with Crippen molar-refractivity contribution >= 4 is 65.2 Å². The van der Waals surface area contributed by atoms with Crippen LogP contribution in [-0.2, 0) is 9.59 Å². The minimum absolute atomic E-state index is 0.136. The number of aryl methyl sites for hydroxylation is 1. The summed E-state index contributed by atoms with van der Waals surface area (Å²) in [6, 6.07) is 3.35. The minimum atomic E-state index is 0.136. The molecule has 0 bridgehead atoms. The number of carbonyl (C=O) groups is 2. The number of likely N-dealkylation sites (tertiary alicyclic amines) is 2. The Hall–Kier alpha value is -2.50. The number of aromatic nitrogens is 2. The molecule has 2 aliphatic heterocycles. The second kappa shape index (κ2) is 11.3. The maximum Gasteiger partial charge on any atom is 0.241 e. The van der Waals surface area contributed by atoms with Gasteiger partial charge < -0.3 is 25.8 Å². The van der Waals surface area contributed by atoms with Gasteiger partial charge in [-0.2, -0.15) is 0 Å². The second-order valence-electron chi connectivity index (χ2n) is 10.8. The van der Waals surface area contributed by atoms with E-state index in [-0.39, 0.29) is 24.9 Å². The van der Waals surface area contributed by atoms with Gasteiger partial charge in [0.1, 0.15) is 0 Å². The Morgan fingerprint density at radius 2 is 1.29 bits per heavy atom. The molecule has 3 aromatic rings. The Balaban J connectivity index is 1.03. The minimum Gasteiger partial charge on any atom is -0.352 e. The normalized spacial score (nSPS) is 19.2. The molecule has 9 nitrogen and oxygen atoms in total. The van der Waals surface area contributed by atoms with E-state index >= 15 is 0 Å². The molecular formula is C27H37N7O2S2. The lowest BCUT2D eigenvalue weighted by Gasteiger charge is -2.34. The number of piperidine rings is 1. The molecule has 1 aliphatic carbocycles. The third kappa shape index (κ3) is 5.60. The van der Waals surface area contributed by atoms with Crippen molar-refractivity contribution in [3.05, 3.63) is 11.6 Å². The number of hydrogen-bond acceptors (Lipinski definition) is 9. The monoisotopic (exact) mass is 555 g/mol. The Kier molecular flexibility index (Phi) is 7.67. The van der Waals surface area contributed by atoms with Crippen LogP contribution in [0.4, 0.5) is 10.3 Å². The first-order valence-corrected chi connectivity index (χ1v) is 15.7. The van der Waals surface area contributed by atoms with Gasteiger partial charge in [0.05, 0.1) is 33.5 Å². The van der Waals surface area contributed by atoms with Crippen molar-refractivity contribution in [3.8, 4) is 0 Å². The highest BCUT2D eigenvalue weighted by molar-refractivity contribution is 7.24. The largest absolute Gasteiger partial charge is 0.352 e. The van der Waals surface area contributed by atoms with E-state index in [2.05, 4.69) is 22.0 Å². The van der Waals surface area contributed by atoms with Crippen molar-refractivity contribution < 1.29 is 9.59 Å². The molecule has 6 rings (SSSR count). The number of fused-ring (bicyclic) bond motifs is 2. The zero-order chi connectivity index (χ0) is 26.1. The SMILES string of the molecule is Cc1c2nc(NCC(=O)N3CCCC3)sc2cc2sc(NCC(=O)N3CCC(NC4CCCC4)CC3)nc12. The van der Waals surface area contributed by atoms with E-state index in [0.717, 1.165) is 88.1 Å². The average Bonchev–Trinajstić information content (AvgIpc) is 3.73. The van der Waals surface area contributed by atoms with Crippen LogP contribution in [-0.4, -0.2) is 82.9 Å². The number of anilines is 2. The summed E-state index contributed by atoms with van der Waals surface area (Å²) in [6.07, 6.45) is 9.56. The second-order valence-corrected chi connectivity index (χ2v) is 12.9. The van der Waals surface area contributed by atoms with Crippen LogP contribution >= 0.6 is 22.7 Å². The van der Waals surface area contributed by atoms with E-state index < -0.39 is 0 Å². The van der Waals surface area contributed by atoms with Crippen LogP contribution < -0.4 is 16.0 Å². The van der Waals surface area contributed by atoms with Crippen LogP contribution in [0, 0.1) is 6.92 Å². The predicted octanol–water partition coefficient (Wildman–Crippen LogP) is 4.18. The smallest absolute Gasteiger partial charge is 0.241 e. The van der Waals surface area contributed by atoms with Gasteiger partial charge in [-0.15, -0.1) is 0 Å². The summed E-state index contributed by atoms with van der Waals surface area (Å²) in [6.45, 7) is 5.96. The van der Waals surface area contributed by atoms with Crippen molar-refractivity contribution in [2.75, 3.05) is 49.9 Å². The molecule has 2 amide bonds. The summed E-state index contributed by atoms with van der Waals surface area (Å²) in [4.78, 5) is 38.7. The third-order valence-corrected chi connectivity index (χ3v) is 10.1. The first-order valence-electron chi connectivity index (χ1n) is 14.0. The van der Waals surface area contributed by atoms with Crippen LogP contribution in [0.2, 0.25) is 0 Å². The van der Waals surface area contributed by atoms with Crippen LogP contribution in [0.15, 0.2) is 6.07 Å². The quantitative estimate of drug-likeness (QED) is 0.383. The molecule has 0 unspecified atom stereocenters. The fourth-order valence-electron chi connectivity index (χ4n) is 5.99. The molecule has 11 heteroatoms. The van der Waals surface area contributed by atoms with Gasteiger partial charge in [-0.25, -0.2) is 9.97 Å². The standard InChI is InChI=1S/C27H37N7O2S2/c1-17-24-20(37-26(31-24)28-15-22(35)33-10-4-5-11-33)14-21-25(17)32-27(38-21)29-16-23(36)34-12-8-19(9-13-34)30-18-6-2-3-7-18/h14,18-19,30H,2-13,15-16H2,1H3,(H,28,31)(H,29,32). The van der Waals surface area contributed by atoms with E-state index in [1.54, 1.807) is 22.7 Å². The topological polar surface area (TPSA) is 102 Å². The zero-order valence-corrected chi connectivity index (χ0v) is 23.7. The summed E-state index contributed by atoms with van der Waals surface area (Å²) in [7, 11) is 0. The Bertz CT molecular complexity index is 1300. The van der Waals surface area contributed by atoms with Gasteiger partial charge in [0, 0.05) is 43.8 Å². The van der Waals surface area contributed by atoms with Gasteiger partial charge in [-0.1, -0.05) is 35.5 Å². The molecule has 0 atom stereocenters. The van der Waals surface area contributed by atoms with E-state index in [1.165, 1.54) is 25.7 Å². The molecular weight excluding hydrogens is 518 g/mol. The van der Waals surface area contributed by atoms with Crippen LogP contribution in [0.1, 0.15) is 56.9 Å². The van der Waals surface area contributed by atoms with Crippen LogP contribution in [0.5, 0.6) is 0 Å². The van der Waals surface area contributed by atoms with Crippen molar-refractivity contribution in [3.63, 3.8) is 0 Å². The summed E-state index contributed by atoms with van der Waals surface area (Å²) < 4.78 is 2.15. The number of carbonyl (C=O) groups excluding carboxylic acids is 2. The van der Waals surface area contributed by atoms with Crippen LogP contribution in [0.3, 0.4) is 0 Å². The van der Waals surface area contributed by atoms with E-state index in [1.807, 2.05) is 16.7 Å². The molecule has 1 saturated carbocycles. The lowest BCUT2D eigenvalue weighted by atomic mass is 10.0. The predicted molar refractivity (Wildman–Crippen MR) is 155 cm³/mol. The Morgan fingerprint density at radius 3 is 1.84 bits per heavy atom. The molecule has 2 saturated heterocycles. The highest BCUT2D eigenvalue weighted by atomic mass is 32.1. The maximum atomic E-state index is 12.9. The highest BCUT2D eigenvalue weighted by Crippen LogP contribution is 2.37.